The number of esters is 1. The van der Waals surface area contributed by atoms with Crippen molar-refractivity contribution in [2.45, 2.75) is 39.5 Å². The first-order valence-corrected chi connectivity index (χ1v) is 5.38. The molecule has 0 rings (SSSR count). The minimum atomic E-state index is -0.959. The van der Waals surface area contributed by atoms with E-state index in [1.807, 2.05) is 13.8 Å². The second-order valence-electron chi connectivity index (χ2n) is 3.32. The normalized spacial score (nSPS) is 11.1. The molecule has 0 aliphatic rings. The molecule has 16 heavy (non-hydrogen) atoms. The smallest absolute Gasteiger partial charge is 0.366 e. The third kappa shape index (κ3) is 6.19. The zero-order chi connectivity index (χ0) is 12.4. The molecule has 0 spiro atoms. The molecule has 5 nitrogen and oxygen atoms in total. The van der Waals surface area contributed by atoms with Crippen LogP contribution in [0.4, 0.5) is 0 Å². The zero-order valence-electron chi connectivity index (χ0n) is 9.69. The van der Waals surface area contributed by atoms with E-state index in [4.69, 9.17) is 9.99 Å². The highest BCUT2D eigenvalue weighted by Gasteiger charge is 2.13. The summed E-state index contributed by atoms with van der Waals surface area (Å²) in [4.78, 5) is 25.8. The molecule has 0 saturated carbocycles. The summed E-state index contributed by atoms with van der Waals surface area (Å²) in [5.74, 6) is -1.49. The van der Waals surface area contributed by atoms with Gasteiger partial charge in [-0.25, -0.2) is 9.59 Å². The lowest BCUT2D eigenvalue weighted by Gasteiger charge is -2.06. The van der Waals surface area contributed by atoms with Crippen LogP contribution >= 0.6 is 0 Å². The monoisotopic (exact) mass is 230 g/mol. The molecule has 0 heterocycles. The molecule has 0 aliphatic heterocycles. The van der Waals surface area contributed by atoms with Crippen molar-refractivity contribution >= 4 is 11.9 Å². The number of hydrogen-bond donors (Lipinski definition) is 1. The van der Waals surface area contributed by atoms with E-state index in [2.05, 4.69) is 4.89 Å². The van der Waals surface area contributed by atoms with Crippen LogP contribution in [-0.4, -0.2) is 23.8 Å². The van der Waals surface area contributed by atoms with Crippen molar-refractivity contribution in [3.05, 3.63) is 11.6 Å². The van der Waals surface area contributed by atoms with Gasteiger partial charge in [-0.05, 0) is 19.3 Å². The molecule has 0 atom stereocenters. The van der Waals surface area contributed by atoms with Gasteiger partial charge in [-0.3, -0.25) is 4.89 Å². The van der Waals surface area contributed by atoms with Crippen LogP contribution in [0.1, 0.15) is 39.5 Å². The molecule has 0 aromatic carbocycles. The molecule has 0 saturated heterocycles. The van der Waals surface area contributed by atoms with Crippen LogP contribution < -0.4 is 0 Å². The number of carbonyl (C=O) groups is 2. The zero-order valence-corrected chi connectivity index (χ0v) is 9.69. The van der Waals surface area contributed by atoms with Crippen LogP contribution in [0.3, 0.4) is 0 Å². The van der Waals surface area contributed by atoms with Gasteiger partial charge in [0, 0.05) is 11.6 Å². The molecule has 0 aromatic heterocycles. The molecule has 0 radical (unpaired) electrons. The van der Waals surface area contributed by atoms with E-state index < -0.39 is 11.9 Å². The van der Waals surface area contributed by atoms with Crippen molar-refractivity contribution < 1.29 is 24.5 Å². The highest BCUT2D eigenvalue weighted by atomic mass is 17.1. The molecule has 0 aromatic rings. The summed E-state index contributed by atoms with van der Waals surface area (Å²) in [6.45, 7) is 4.17. The van der Waals surface area contributed by atoms with Crippen molar-refractivity contribution in [1.29, 1.82) is 0 Å². The van der Waals surface area contributed by atoms with E-state index in [1.54, 1.807) is 0 Å². The SMILES string of the molecule is CCCCC(=CC(=O)OO)C(=O)OCCC. The van der Waals surface area contributed by atoms with Gasteiger partial charge in [0.25, 0.3) is 0 Å². The first-order chi connectivity index (χ1) is 7.65. The lowest BCUT2D eigenvalue weighted by molar-refractivity contribution is -0.228. The van der Waals surface area contributed by atoms with Crippen molar-refractivity contribution in [3.8, 4) is 0 Å². The predicted molar refractivity (Wildman–Crippen MR) is 57.6 cm³/mol. The fourth-order valence-electron chi connectivity index (χ4n) is 1.06. The molecule has 0 amide bonds. The van der Waals surface area contributed by atoms with Crippen LogP contribution in [0, 0.1) is 0 Å². The predicted octanol–water partition coefficient (Wildman–Crippen LogP) is 2.07. The summed E-state index contributed by atoms with van der Waals surface area (Å²) in [7, 11) is 0. The number of hydrogen-bond acceptors (Lipinski definition) is 5. The Bertz CT molecular complexity index is 257. The highest BCUT2D eigenvalue weighted by molar-refractivity contribution is 5.96. The quantitative estimate of drug-likeness (QED) is 0.314. The molecule has 0 fully saturated rings. The molecule has 0 bridgehead atoms. The van der Waals surface area contributed by atoms with Crippen LogP contribution in [-0.2, 0) is 19.2 Å². The van der Waals surface area contributed by atoms with E-state index >= 15 is 0 Å². The lowest BCUT2D eigenvalue weighted by Crippen LogP contribution is -2.11. The van der Waals surface area contributed by atoms with Gasteiger partial charge in [-0.15, -0.1) is 0 Å². The van der Waals surface area contributed by atoms with Gasteiger partial charge < -0.3 is 4.74 Å². The fraction of sp³-hybridized carbons (Fsp3) is 0.636. The standard InChI is InChI=1S/C11H18O5/c1-3-5-6-9(8-10(12)16-14)11(13)15-7-4-2/h8,14H,3-7H2,1-2H3. The first-order valence-electron chi connectivity index (χ1n) is 5.38. The van der Waals surface area contributed by atoms with Gasteiger partial charge in [0.2, 0.25) is 0 Å². The molecule has 5 heteroatoms. The Balaban J connectivity index is 4.46. The summed E-state index contributed by atoms with van der Waals surface area (Å²) < 4.78 is 4.90. The topological polar surface area (TPSA) is 72.8 Å². The Morgan fingerprint density at radius 1 is 1.25 bits per heavy atom. The van der Waals surface area contributed by atoms with E-state index in [9.17, 15) is 9.59 Å². The Morgan fingerprint density at radius 2 is 1.94 bits per heavy atom. The van der Waals surface area contributed by atoms with Gasteiger partial charge in [0.15, 0.2) is 0 Å². The Hall–Kier alpha value is -1.36. The molecular formula is C11H18O5. The molecule has 92 valence electrons. The van der Waals surface area contributed by atoms with Crippen LogP contribution in [0.15, 0.2) is 11.6 Å². The molecule has 0 aliphatic carbocycles. The molecule has 0 unspecified atom stereocenters. The average molecular weight is 230 g/mol. The molecular weight excluding hydrogens is 212 g/mol. The largest absolute Gasteiger partial charge is 0.462 e. The summed E-state index contributed by atoms with van der Waals surface area (Å²) in [5.41, 5.74) is 0.231. The van der Waals surface area contributed by atoms with Gasteiger partial charge >= 0.3 is 11.9 Å². The van der Waals surface area contributed by atoms with Crippen LogP contribution in [0.5, 0.6) is 0 Å². The van der Waals surface area contributed by atoms with Gasteiger partial charge in [0.05, 0.1) is 6.61 Å². The Labute approximate surface area is 95.0 Å². The maximum Gasteiger partial charge on any atom is 0.366 e. The summed E-state index contributed by atoms with van der Waals surface area (Å²) >= 11 is 0. The summed E-state index contributed by atoms with van der Waals surface area (Å²) in [6, 6.07) is 0. The molecule has 1 N–H and O–H groups in total. The number of rotatable bonds is 7. The number of unbranched alkanes of at least 4 members (excludes halogenated alkanes) is 1. The average Bonchev–Trinajstić information content (AvgIpc) is 2.30. The summed E-state index contributed by atoms with van der Waals surface area (Å²) in [5, 5.41) is 8.12. The highest BCUT2D eigenvalue weighted by Crippen LogP contribution is 2.10. The Kier molecular flexibility index (Phi) is 8.15. The van der Waals surface area contributed by atoms with E-state index in [-0.39, 0.29) is 5.57 Å². The van der Waals surface area contributed by atoms with Crippen molar-refractivity contribution in [1.82, 2.24) is 0 Å². The van der Waals surface area contributed by atoms with Crippen molar-refractivity contribution in [2.75, 3.05) is 6.61 Å². The van der Waals surface area contributed by atoms with Gasteiger partial charge in [-0.2, -0.15) is 5.26 Å². The maximum atomic E-state index is 11.5. The Morgan fingerprint density at radius 3 is 2.44 bits per heavy atom. The van der Waals surface area contributed by atoms with Crippen molar-refractivity contribution in [3.63, 3.8) is 0 Å². The lowest BCUT2D eigenvalue weighted by atomic mass is 10.1. The second-order valence-corrected chi connectivity index (χ2v) is 3.32. The number of carbonyl (C=O) groups excluding carboxylic acids is 2. The van der Waals surface area contributed by atoms with Crippen molar-refractivity contribution in [2.24, 2.45) is 0 Å². The number of ether oxygens (including phenoxy) is 1. The minimum absolute atomic E-state index is 0.231. The maximum absolute atomic E-state index is 11.5. The van der Waals surface area contributed by atoms with Crippen LogP contribution in [0.2, 0.25) is 0 Å². The van der Waals surface area contributed by atoms with Gasteiger partial charge in [-0.1, -0.05) is 20.3 Å². The van der Waals surface area contributed by atoms with Crippen LogP contribution in [0.25, 0.3) is 0 Å². The fourth-order valence-corrected chi connectivity index (χ4v) is 1.06. The second kappa shape index (κ2) is 8.91. The van der Waals surface area contributed by atoms with E-state index in [0.29, 0.717) is 13.0 Å². The summed E-state index contributed by atoms with van der Waals surface area (Å²) in [6.07, 6.45) is 3.79. The minimum Gasteiger partial charge on any atom is -0.462 e. The van der Waals surface area contributed by atoms with E-state index in [0.717, 1.165) is 25.3 Å². The van der Waals surface area contributed by atoms with E-state index in [1.165, 1.54) is 0 Å². The third-order valence-electron chi connectivity index (χ3n) is 1.88. The first kappa shape index (κ1) is 14.6. The van der Waals surface area contributed by atoms with Gasteiger partial charge in [0.1, 0.15) is 0 Å². The third-order valence-corrected chi connectivity index (χ3v) is 1.88.